The maximum absolute atomic E-state index is 12.6. The average molecular weight is 340 g/mol. The first-order valence-electron chi connectivity index (χ1n) is 5.27. The number of amidine groups is 1. The van der Waals surface area contributed by atoms with E-state index in [9.17, 15) is 13.2 Å². The first kappa shape index (κ1) is 15.9. The first-order valence-corrected chi connectivity index (χ1v) is 6.06. The van der Waals surface area contributed by atoms with Crippen LogP contribution in [0, 0.1) is 0 Å². The predicted octanol–water partition coefficient (Wildman–Crippen LogP) is 2.32. The molecule has 0 saturated heterocycles. The molecular weight excluding hydrogens is 327 g/mol. The van der Waals surface area contributed by atoms with E-state index in [0.29, 0.717) is 17.6 Å². The number of hydrazine groups is 1. The normalized spacial score (nSPS) is 12.6. The van der Waals surface area contributed by atoms with Gasteiger partial charge in [0.25, 0.3) is 0 Å². The van der Waals surface area contributed by atoms with E-state index in [1.54, 1.807) is 0 Å². The second-order valence-corrected chi connectivity index (χ2v) is 4.41. The minimum atomic E-state index is -4.41. The van der Waals surface area contributed by atoms with Crippen LogP contribution < -0.4 is 11.3 Å². The summed E-state index contributed by atoms with van der Waals surface area (Å²) in [7, 11) is 1.51. The molecule has 3 N–H and O–H groups in total. The quantitative estimate of drug-likeness (QED) is 0.291. The van der Waals surface area contributed by atoms with Crippen LogP contribution in [0.2, 0.25) is 0 Å². The van der Waals surface area contributed by atoms with Gasteiger partial charge in [-0.1, -0.05) is 15.9 Å². The topological polar surface area (TPSA) is 59.6 Å². The molecule has 0 unspecified atom stereocenters. The van der Waals surface area contributed by atoms with Crippen molar-refractivity contribution in [3.05, 3.63) is 33.8 Å². The number of nitrogens with one attached hydrogen (secondary N) is 1. The zero-order chi connectivity index (χ0) is 14.5. The van der Waals surface area contributed by atoms with Crippen LogP contribution in [0.5, 0.6) is 0 Å². The molecule has 0 aromatic heterocycles. The molecule has 1 rings (SSSR count). The third kappa shape index (κ3) is 4.48. The zero-order valence-electron chi connectivity index (χ0n) is 10.1. The van der Waals surface area contributed by atoms with Crippen molar-refractivity contribution in [2.24, 2.45) is 10.8 Å². The van der Waals surface area contributed by atoms with E-state index in [1.165, 1.54) is 13.2 Å². The van der Waals surface area contributed by atoms with Gasteiger partial charge < -0.3 is 10.2 Å². The Bertz CT molecular complexity index is 463. The molecule has 106 valence electrons. The molecule has 0 aliphatic rings. The average Bonchev–Trinajstić information content (AvgIpc) is 2.34. The van der Waals surface area contributed by atoms with Crippen molar-refractivity contribution in [1.29, 1.82) is 0 Å². The van der Waals surface area contributed by atoms with Crippen molar-refractivity contribution in [3.63, 3.8) is 0 Å². The molecule has 0 spiro atoms. The van der Waals surface area contributed by atoms with Gasteiger partial charge in [0.05, 0.1) is 18.7 Å². The van der Waals surface area contributed by atoms with E-state index in [4.69, 9.17) is 10.6 Å². The molecule has 0 saturated carbocycles. The van der Waals surface area contributed by atoms with Crippen molar-refractivity contribution < 1.29 is 17.9 Å². The van der Waals surface area contributed by atoms with Gasteiger partial charge in [0, 0.05) is 17.1 Å². The highest BCUT2D eigenvalue weighted by molar-refractivity contribution is 9.10. The van der Waals surface area contributed by atoms with Crippen molar-refractivity contribution in [3.8, 4) is 0 Å². The van der Waals surface area contributed by atoms with Crippen LogP contribution in [0.3, 0.4) is 0 Å². The summed E-state index contributed by atoms with van der Waals surface area (Å²) < 4.78 is 43.2. The van der Waals surface area contributed by atoms with Crippen molar-refractivity contribution >= 4 is 21.8 Å². The molecule has 1 aromatic carbocycles. The summed E-state index contributed by atoms with van der Waals surface area (Å²) in [6.45, 7) is 0.639. The van der Waals surface area contributed by atoms with Gasteiger partial charge in [0.15, 0.2) is 0 Å². The molecule has 19 heavy (non-hydrogen) atoms. The zero-order valence-corrected chi connectivity index (χ0v) is 11.7. The van der Waals surface area contributed by atoms with E-state index in [1.807, 2.05) is 0 Å². The molecule has 0 heterocycles. The fraction of sp³-hybridized carbons (Fsp3) is 0.364. The van der Waals surface area contributed by atoms with E-state index < -0.39 is 11.7 Å². The van der Waals surface area contributed by atoms with Crippen LogP contribution >= 0.6 is 15.9 Å². The largest absolute Gasteiger partial charge is 0.416 e. The van der Waals surface area contributed by atoms with Gasteiger partial charge in [-0.25, -0.2) is 5.84 Å². The monoisotopic (exact) mass is 339 g/mol. The van der Waals surface area contributed by atoms with E-state index in [2.05, 4.69) is 26.3 Å². The molecule has 1 aromatic rings. The Morgan fingerprint density at radius 3 is 2.68 bits per heavy atom. The molecule has 0 fully saturated rings. The number of ether oxygens (including phenoxy) is 1. The molecule has 0 aliphatic carbocycles. The van der Waals surface area contributed by atoms with Gasteiger partial charge >= 0.3 is 6.18 Å². The Kier molecular flexibility index (Phi) is 5.77. The fourth-order valence-electron chi connectivity index (χ4n) is 1.34. The van der Waals surface area contributed by atoms with Gasteiger partial charge in [-0.3, -0.25) is 4.99 Å². The molecule has 8 heteroatoms. The lowest BCUT2D eigenvalue weighted by atomic mass is 10.1. The van der Waals surface area contributed by atoms with Crippen LogP contribution in [0.15, 0.2) is 27.7 Å². The summed E-state index contributed by atoms with van der Waals surface area (Å²) in [6.07, 6.45) is -4.41. The predicted molar refractivity (Wildman–Crippen MR) is 69.7 cm³/mol. The summed E-state index contributed by atoms with van der Waals surface area (Å²) in [6, 6.07) is 3.27. The number of hydrogen-bond donors (Lipinski definition) is 2. The second-order valence-electron chi connectivity index (χ2n) is 3.56. The van der Waals surface area contributed by atoms with Gasteiger partial charge in [-0.2, -0.15) is 13.2 Å². The second kappa shape index (κ2) is 6.88. The Morgan fingerprint density at radius 2 is 2.16 bits per heavy atom. The number of halogens is 4. The van der Waals surface area contributed by atoms with Gasteiger partial charge in [0.2, 0.25) is 0 Å². The van der Waals surface area contributed by atoms with Crippen LogP contribution in [0.4, 0.5) is 13.2 Å². The number of methoxy groups -OCH3 is 1. The lowest BCUT2D eigenvalue weighted by Gasteiger charge is -2.12. The van der Waals surface area contributed by atoms with Crippen LogP contribution in [0.1, 0.15) is 11.1 Å². The molecule has 4 nitrogen and oxygen atoms in total. The summed E-state index contributed by atoms with van der Waals surface area (Å²) in [5.41, 5.74) is 1.77. The Labute approximate surface area is 116 Å². The van der Waals surface area contributed by atoms with Crippen LogP contribution in [-0.4, -0.2) is 26.1 Å². The number of benzene rings is 1. The number of aliphatic imine (C=N–C) groups is 1. The Morgan fingerprint density at radius 1 is 1.47 bits per heavy atom. The number of alkyl halides is 3. The molecule has 0 aliphatic heterocycles. The van der Waals surface area contributed by atoms with Crippen molar-refractivity contribution in [1.82, 2.24) is 5.43 Å². The minimum Gasteiger partial charge on any atom is -0.383 e. The molecule has 0 bridgehead atoms. The van der Waals surface area contributed by atoms with Gasteiger partial charge in [-0.15, -0.1) is 0 Å². The lowest BCUT2D eigenvalue weighted by molar-refractivity contribution is -0.137. The smallest absolute Gasteiger partial charge is 0.383 e. The van der Waals surface area contributed by atoms with Crippen LogP contribution in [0.25, 0.3) is 0 Å². The Hall–Kier alpha value is -1.12. The number of nitrogens with zero attached hydrogens (tertiary/aromatic N) is 1. The standard InChI is InChI=1S/C11H13BrF3N3O/c1-19-5-4-17-10(18-16)8-6-7(11(13,14)15)2-3-9(8)12/h2-3,6H,4-5,16H2,1H3,(H,17,18). The number of hydrogen-bond acceptors (Lipinski definition) is 3. The van der Waals surface area contributed by atoms with E-state index in [0.717, 1.165) is 12.1 Å². The summed E-state index contributed by atoms with van der Waals surface area (Å²) >= 11 is 3.17. The van der Waals surface area contributed by atoms with Gasteiger partial charge in [-0.05, 0) is 18.2 Å². The van der Waals surface area contributed by atoms with Gasteiger partial charge in [0.1, 0.15) is 5.84 Å². The lowest BCUT2D eigenvalue weighted by Crippen LogP contribution is -2.32. The maximum atomic E-state index is 12.6. The molecule has 0 amide bonds. The molecule has 0 radical (unpaired) electrons. The highest BCUT2D eigenvalue weighted by Crippen LogP contribution is 2.31. The number of rotatable bonds is 4. The van der Waals surface area contributed by atoms with E-state index in [-0.39, 0.29) is 11.4 Å². The van der Waals surface area contributed by atoms with Crippen LogP contribution in [-0.2, 0) is 10.9 Å². The highest BCUT2D eigenvalue weighted by atomic mass is 79.9. The molecular formula is C11H13BrF3N3O. The number of nitrogens with two attached hydrogens (primary N) is 1. The minimum absolute atomic E-state index is 0.162. The van der Waals surface area contributed by atoms with E-state index >= 15 is 0 Å². The summed E-state index contributed by atoms with van der Waals surface area (Å²) in [5, 5.41) is 0. The highest BCUT2D eigenvalue weighted by Gasteiger charge is 2.31. The maximum Gasteiger partial charge on any atom is 0.416 e. The summed E-state index contributed by atoms with van der Waals surface area (Å²) in [5.74, 6) is 5.45. The molecule has 0 atom stereocenters. The first-order chi connectivity index (χ1) is 8.90. The third-order valence-electron chi connectivity index (χ3n) is 2.25. The third-order valence-corrected chi connectivity index (χ3v) is 2.94. The fourth-order valence-corrected chi connectivity index (χ4v) is 1.77. The Balaban J connectivity index is 3.12. The van der Waals surface area contributed by atoms with Crippen molar-refractivity contribution in [2.45, 2.75) is 6.18 Å². The summed E-state index contributed by atoms with van der Waals surface area (Å²) in [4.78, 5) is 4.04. The van der Waals surface area contributed by atoms with Crippen molar-refractivity contribution in [2.75, 3.05) is 20.3 Å². The SMILES string of the molecule is COCCN=C(NN)c1cc(C(F)(F)F)ccc1Br.